The highest BCUT2D eigenvalue weighted by atomic mass is 32.2. The summed E-state index contributed by atoms with van der Waals surface area (Å²) in [4.78, 5) is 10.8. The van der Waals surface area contributed by atoms with Crippen LogP contribution in [0.2, 0.25) is 0 Å². The summed E-state index contributed by atoms with van der Waals surface area (Å²) in [5.41, 5.74) is 0.471. The minimum Gasteiger partial charge on any atom is -0.490 e. The predicted octanol–water partition coefficient (Wildman–Crippen LogP) is 4.64. The van der Waals surface area contributed by atoms with Crippen molar-refractivity contribution in [2.24, 2.45) is 0 Å². The summed E-state index contributed by atoms with van der Waals surface area (Å²) in [6, 6.07) is 8.36. The molecule has 0 bridgehead atoms. The fraction of sp³-hybridized carbons (Fsp3) is 0.269. The number of aromatic amines is 1. The Morgan fingerprint density at radius 2 is 1.88 bits per heavy atom. The van der Waals surface area contributed by atoms with Gasteiger partial charge in [-0.05, 0) is 43.0 Å². The first-order valence-electron chi connectivity index (χ1n) is 12.4. The van der Waals surface area contributed by atoms with E-state index in [0.717, 1.165) is 29.6 Å². The maximum atomic E-state index is 15.2. The second-order valence-corrected chi connectivity index (χ2v) is 12.0. The lowest BCUT2D eigenvalue weighted by atomic mass is 10.2. The molecule has 1 aliphatic rings. The summed E-state index contributed by atoms with van der Waals surface area (Å²) in [5, 5.41) is 10.3. The van der Waals surface area contributed by atoms with Gasteiger partial charge in [0.25, 0.3) is 0 Å². The van der Waals surface area contributed by atoms with E-state index in [-0.39, 0.29) is 20.5 Å². The summed E-state index contributed by atoms with van der Waals surface area (Å²) in [7, 11) is -2.69. The molecule has 1 fully saturated rings. The van der Waals surface area contributed by atoms with Gasteiger partial charge in [-0.3, -0.25) is 5.10 Å². The number of nitrogens with zero attached hydrogens (tertiary/aromatic N) is 4. The van der Waals surface area contributed by atoms with Gasteiger partial charge in [-0.25, -0.2) is 31.6 Å². The summed E-state index contributed by atoms with van der Waals surface area (Å²) in [5.74, 6) is -2.47. The van der Waals surface area contributed by atoms with Gasteiger partial charge in [0, 0.05) is 30.4 Å². The highest BCUT2D eigenvalue weighted by Gasteiger charge is 2.25. The van der Waals surface area contributed by atoms with Gasteiger partial charge in [-0.1, -0.05) is 12.1 Å². The van der Waals surface area contributed by atoms with E-state index in [1.165, 1.54) is 31.4 Å². The number of methoxy groups -OCH3 is 1. The molecule has 0 amide bonds. The topological polar surface area (TPSA) is 122 Å². The Balaban J connectivity index is 1.46. The Bertz CT molecular complexity index is 1680. The molecular weight excluding hydrogens is 581 g/mol. The molecule has 3 heterocycles. The number of hydrogen-bond acceptors (Lipinski definition) is 10. The molecule has 2 aromatic carbocycles. The Morgan fingerprint density at radius 1 is 1.10 bits per heavy atom. The first kappa shape index (κ1) is 28.7. The molecule has 10 nitrogen and oxygen atoms in total. The SMILES string of the molecule is COc1c(Nc2cc(C)[nH]n2)nc(Sc2ccc(S(=O)(=O)Cc3cccc(F)c3F)cc2F)nc1N1CCOCC1. The van der Waals surface area contributed by atoms with Crippen LogP contribution in [0, 0.1) is 24.4 Å². The third-order valence-electron chi connectivity index (χ3n) is 6.14. The van der Waals surface area contributed by atoms with Crippen molar-refractivity contribution in [3.8, 4) is 5.75 Å². The summed E-state index contributed by atoms with van der Waals surface area (Å²) in [6.45, 7) is 3.91. The number of aryl methyl sites for hydroxylation is 1. The molecule has 0 aliphatic carbocycles. The minimum atomic E-state index is -4.18. The van der Waals surface area contributed by atoms with Crippen LogP contribution in [0.4, 0.5) is 30.6 Å². The molecule has 0 saturated carbocycles. The Kier molecular flexibility index (Phi) is 8.37. The second-order valence-electron chi connectivity index (χ2n) is 9.04. The Morgan fingerprint density at radius 3 is 2.56 bits per heavy atom. The number of nitrogens with one attached hydrogen (secondary N) is 2. The number of benzene rings is 2. The van der Waals surface area contributed by atoms with Crippen LogP contribution in [-0.4, -0.2) is 62.0 Å². The maximum absolute atomic E-state index is 15.2. The van der Waals surface area contributed by atoms with Gasteiger partial charge >= 0.3 is 0 Å². The van der Waals surface area contributed by atoms with Crippen LogP contribution in [0.3, 0.4) is 0 Å². The fourth-order valence-corrected chi connectivity index (χ4v) is 6.25. The molecule has 41 heavy (non-hydrogen) atoms. The van der Waals surface area contributed by atoms with E-state index < -0.39 is 33.0 Å². The van der Waals surface area contributed by atoms with E-state index in [0.29, 0.717) is 49.5 Å². The van der Waals surface area contributed by atoms with Crippen molar-refractivity contribution < 1.29 is 31.1 Å². The molecule has 216 valence electrons. The zero-order chi connectivity index (χ0) is 29.1. The van der Waals surface area contributed by atoms with Gasteiger partial charge in [-0.2, -0.15) is 5.10 Å². The van der Waals surface area contributed by atoms with Crippen molar-refractivity contribution in [3.63, 3.8) is 0 Å². The lowest BCUT2D eigenvalue weighted by molar-refractivity contribution is 0.122. The quantitative estimate of drug-likeness (QED) is 0.261. The Hall–Kier alpha value is -3.82. The normalized spacial score (nSPS) is 13.8. The first-order chi connectivity index (χ1) is 19.6. The standard InChI is InChI=1S/C26H25F3N6O4S2/c1-15-12-21(34-33-15)30-24-23(38-2)25(35-8-10-39-11-9-35)32-26(31-24)40-20-7-6-17(13-19(20)28)41(36,37)14-16-4-3-5-18(27)22(16)29/h3-7,12-13H,8-11,14H2,1-2H3,(H2,30,31,32,33,34). The van der Waals surface area contributed by atoms with Gasteiger partial charge in [0.1, 0.15) is 5.82 Å². The number of sulfone groups is 1. The zero-order valence-electron chi connectivity index (χ0n) is 21.9. The molecule has 2 N–H and O–H groups in total. The van der Waals surface area contributed by atoms with Gasteiger partial charge in [-0.15, -0.1) is 0 Å². The van der Waals surface area contributed by atoms with Gasteiger partial charge in [0.05, 0.1) is 35.9 Å². The smallest absolute Gasteiger partial charge is 0.204 e. The van der Waals surface area contributed by atoms with Crippen LogP contribution >= 0.6 is 11.8 Å². The van der Waals surface area contributed by atoms with E-state index in [1.54, 1.807) is 6.07 Å². The molecule has 0 spiro atoms. The van der Waals surface area contributed by atoms with Crippen molar-refractivity contribution in [1.29, 1.82) is 0 Å². The molecule has 0 unspecified atom stereocenters. The van der Waals surface area contributed by atoms with Crippen molar-refractivity contribution in [1.82, 2.24) is 20.2 Å². The summed E-state index contributed by atoms with van der Waals surface area (Å²) >= 11 is 0.886. The number of H-pyrrole nitrogens is 1. The Labute approximate surface area is 238 Å². The average Bonchev–Trinajstić information content (AvgIpc) is 3.36. The van der Waals surface area contributed by atoms with Crippen molar-refractivity contribution in [2.45, 2.75) is 27.6 Å². The van der Waals surface area contributed by atoms with Crippen LogP contribution in [0.5, 0.6) is 5.75 Å². The molecular formula is C26H25F3N6O4S2. The third kappa shape index (κ3) is 6.41. The number of aromatic nitrogens is 4. The predicted molar refractivity (Wildman–Crippen MR) is 146 cm³/mol. The largest absolute Gasteiger partial charge is 0.490 e. The maximum Gasteiger partial charge on any atom is 0.204 e. The summed E-state index contributed by atoms with van der Waals surface area (Å²) in [6.07, 6.45) is 0. The molecule has 0 radical (unpaired) electrons. The summed E-state index contributed by atoms with van der Waals surface area (Å²) < 4.78 is 79.7. The molecule has 1 saturated heterocycles. The van der Waals surface area contributed by atoms with Crippen LogP contribution < -0.4 is 15.0 Å². The highest BCUT2D eigenvalue weighted by molar-refractivity contribution is 7.99. The van der Waals surface area contributed by atoms with Gasteiger partial charge in [0.15, 0.2) is 44.1 Å². The van der Waals surface area contributed by atoms with Gasteiger partial charge < -0.3 is 19.7 Å². The van der Waals surface area contributed by atoms with E-state index in [1.807, 2.05) is 11.8 Å². The van der Waals surface area contributed by atoms with Crippen LogP contribution in [0.1, 0.15) is 11.3 Å². The van der Waals surface area contributed by atoms with Crippen LogP contribution in [0.25, 0.3) is 0 Å². The van der Waals surface area contributed by atoms with E-state index >= 15 is 4.39 Å². The fourth-order valence-electron chi connectivity index (χ4n) is 4.13. The monoisotopic (exact) mass is 606 g/mol. The second kappa shape index (κ2) is 12.0. The molecule has 4 aromatic rings. The third-order valence-corrected chi connectivity index (χ3v) is 8.71. The zero-order valence-corrected chi connectivity index (χ0v) is 23.6. The number of halogens is 3. The molecule has 5 rings (SSSR count). The lowest BCUT2D eigenvalue weighted by Crippen LogP contribution is -2.37. The van der Waals surface area contributed by atoms with E-state index in [9.17, 15) is 17.2 Å². The minimum absolute atomic E-state index is 0.0561. The highest BCUT2D eigenvalue weighted by Crippen LogP contribution is 2.39. The average molecular weight is 607 g/mol. The number of rotatable bonds is 9. The molecule has 1 aliphatic heterocycles. The van der Waals surface area contributed by atoms with Crippen molar-refractivity contribution in [2.75, 3.05) is 43.6 Å². The first-order valence-corrected chi connectivity index (χ1v) is 14.8. The number of hydrogen-bond donors (Lipinski definition) is 2. The molecule has 15 heteroatoms. The number of anilines is 3. The van der Waals surface area contributed by atoms with Crippen LogP contribution in [-0.2, 0) is 20.3 Å². The van der Waals surface area contributed by atoms with E-state index in [2.05, 4.69) is 25.5 Å². The molecule has 0 atom stereocenters. The number of ether oxygens (including phenoxy) is 2. The lowest BCUT2D eigenvalue weighted by Gasteiger charge is -2.29. The van der Waals surface area contributed by atoms with Crippen molar-refractivity contribution in [3.05, 3.63) is 71.2 Å². The number of morpholine rings is 1. The van der Waals surface area contributed by atoms with Gasteiger partial charge in [0.2, 0.25) is 5.75 Å². The van der Waals surface area contributed by atoms with E-state index in [4.69, 9.17) is 9.47 Å². The molecule has 2 aromatic heterocycles. The van der Waals surface area contributed by atoms with Crippen LogP contribution in [0.15, 0.2) is 57.4 Å². The van der Waals surface area contributed by atoms with Crippen molar-refractivity contribution >= 4 is 39.1 Å².